The van der Waals surface area contributed by atoms with Crippen molar-refractivity contribution in [3.63, 3.8) is 0 Å². The van der Waals surface area contributed by atoms with Crippen LogP contribution in [0.5, 0.6) is 0 Å². The molecule has 0 heterocycles. The average Bonchev–Trinajstić information content (AvgIpc) is 2.17. The second kappa shape index (κ2) is 4.02. The molecule has 0 saturated carbocycles. The number of halogens is 1. The van der Waals surface area contributed by atoms with E-state index < -0.39 is 0 Å². The summed E-state index contributed by atoms with van der Waals surface area (Å²) in [5.41, 5.74) is 1.33. The minimum absolute atomic E-state index is 0.796. The summed E-state index contributed by atoms with van der Waals surface area (Å²) in [4.78, 5) is 0. The Balaban J connectivity index is 2.52. The van der Waals surface area contributed by atoms with E-state index in [1.54, 1.807) is 0 Å². The summed E-state index contributed by atoms with van der Waals surface area (Å²) in [6.07, 6.45) is 1.97. The molecule has 0 N–H and O–H groups in total. The lowest BCUT2D eigenvalue weighted by molar-refractivity contribution is 1.00. The molecule has 0 aliphatic rings. The normalized spacial score (nSPS) is 10.7. The summed E-state index contributed by atoms with van der Waals surface area (Å²) < 4.78 is 0. The van der Waals surface area contributed by atoms with Gasteiger partial charge in [-0.15, -0.1) is 0 Å². The standard InChI is InChI=1S/C13H12Cl/c1-2-3-10-4-5-11-6-7-13(14)9-12(11)8-10/h4-9H,1-3H2. The quantitative estimate of drug-likeness (QED) is 0.684. The molecule has 0 nitrogen and oxygen atoms in total. The first-order valence-corrected chi connectivity index (χ1v) is 5.15. The fourth-order valence-electron chi connectivity index (χ4n) is 1.63. The van der Waals surface area contributed by atoms with Gasteiger partial charge in [0.25, 0.3) is 0 Å². The van der Waals surface area contributed by atoms with Crippen molar-refractivity contribution in [1.29, 1.82) is 0 Å². The summed E-state index contributed by atoms with van der Waals surface area (Å²) in [6, 6.07) is 12.4. The zero-order chi connectivity index (χ0) is 9.97. The number of hydrogen-bond donors (Lipinski definition) is 0. The highest BCUT2D eigenvalue weighted by atomic mass is 35.5. The van der Waals surface area contributed by atoms with Crippen molar-refractivity contribution in [3.8, 4) is 0 Å². The van der Waals surface area contributed by atoms with Crippen LogP contribution in [0.2, 0.25) is 5.02 Å². The van der Waals surface area contributed by atoms with Gasteiger partial charge in [0.05, 0.1) is 0 Å². The Morgan fingerprint density at radius 3 is 2.57 bits per heavy atom. The average molecular weight is 204 g/mol. The van der Waals surface area contributed by atoms with E-state index >= 15 is 0 Å². The molecule has 0 atom stereocenters. The highest BCUT2D eigenvalue weighted by Gasteiger charge is 1.96. The predicted molar refractivity (Wildman–Crippen MR) is 62.6 cm³/mol. The topological polar surface area (TPSA) is 0 Å². The molecule has 0 fully saturated rings. The first-order chi connectivity index (χ1) is 6.79. The van der Waals surface area contributed by atoms with Crippen molar-refractivity contribution < 1.29 is 0 Å². The zero-order valence-electron chi connectivity index (χ0n) is 7.96. The highest BCUT2D eigenvalue weighted by Crippen LogP contribution is 2.21. The van der Waals surface area contributed by atoms with Crippen molar-refractivity contribution in [2.45, 2.75) is 12.8 Å². The predicted octanol–water partition coefficient (Wildman–Crippen LogP) is 4.26. The van der Waals surface area contributed by atoms with Gasteiger partial charge >= 0.3 is 0 Å². The molecule has 0 aromatic heterocycles. The summed E-state index contributed by atoms with van der Waals surface area (Å²) in [5, 5.41) is 3.25. The van der Waals surface area contributed by atoms with Gasteiger partial charge in [0.15, 0.2) is 0 Å². The molecule has 0 amide bonds. The molecular weight excluding hydrogens is 192 g/mol. The fraction of sp³-hybridized carbons (Fsp3) is 0.154. The van der Waals surface area contributed by atoms with Crippen LogP contribution in [0.1, 0.15) is 12.0 Å². The van der Waals surface area contributed by atoms with Crippen molar-refractivity contribution in [1.82, 2.24) is 0 Å². The van der Waals surface area contributed by atoms with E-state index in [9.17, 15) is 0 Å². The molecule has 2 aromatic carbocycles. The van der Waals surface area contributed by atoms with E-state index in [2.05, 4.69) is 25.1 Å². The Morgan fingerprint density at radius 2 is 1.79 bits per heavy atom. The monoisotopic (exact) mass is 203 g/mol. The Labute approximate surface area is 89.5 Å². The van der Waals surface area contributed by atoms with Crippen molar-refractivity contribution in [2.75, 3.05) is 0 Å². The maximum Gasteiger partial charge on any atom is 0.0412 e. The summed E-state index contributed by atoms with van der Waals surface area (Å²) in [5.74, 6) is 0. The van der Waals surface area contributed by atoms with E-state index in [0.717, 1.165) is 17.9 Å². The first-order valence-electron chi connectivity index (χ1n) is 4.77. The molecule has 0 saturated heterocycles. The van der Waals surface area contributed by atoms with Crippen LogP contribution < -0.4 is 0 Å². The molecule has 0 unspecified atom stereocenters. The van der Waals surface area contributed by atoms with Crippen LogP contribution in [0.4, 0.5) is 0 Å². The SMILES string of the molecule is [CH2]CCc1ccc2ccc(Cl)cc2c1. The molecule has 2 rings (SSSR count). The van der Waals surface area contributed by atoms with Gasteiger partial charge in [-0.2, -0.15) is 0 Å². The second-order valence-electron chi connectivity index (χ2n) is 3.43. The van der Waals surface area contributed by atoms with E-state index in [1.807, 2.05) is 18.2 Å². The van der Waals surface area contributed by atoms with Crippen LogP contribution in [-0.2, 0) is 6.42 Å². The third kappa shape index (κ3) is 1.91. The Bertz CT molecular complexity index is 446. The van der Waals surface area contributed by atoms with E-state index in [-0.39, 0.29) is 0 Å². The van der Waals surface area contributed by atoms with Crippen LogP contribution in [0, 0.1) is 6.92 Å². The maximum absolute atomic E-state index is 5.94. The molecule has 71 valence electrons. The van der Waals surface area contributed by atoms with Crippen LogP contribution in [0.3, 0.4) is 0 Å². The minimum atomic E-state index is 0.796. The van der Waals surface area contributed by atoms with E-state index in [0.29, 0.717) is 0 Å². The van der Waals surface area contributed by atoms with E-state index in [4.69, 9.17) is 11.6 Å². The molecule has 0 aliphatic carbocycles. The molecule has 1 heteroatoms. The molecule has 14 heavy (non-hydrogen) atoms. The molecule has 0 aliphatic heterocycles. The second-order valence-corrected chi connectivity index (χ2v) is 3.87. The van der Waals surface area contributed by atoms with Crippen LogP contribution in [-0.4, -0.2) is 0 Å². The van der Waals surface area contributed by atoms with Gasteiger partial charge in [0, 0.05) is 5.02 Å². The molecule has 0 bridgehead atoms. The van der Waals surface area contributed by atoms with E-state index in [1.165, 1.54) is 16.3 Å². The molecule has 0 spiro atoms. The third-order valence-electron chi connectivity index (χ3n) is 2.33. The number of aryl methyl sites for hydroxylation is 1. The third-order valence-corrected chi connectivity index (χ3v) is 2.57. The Morgan fingerprint density at radius 1 is 1.00 bits per heavy atom. The summed E-state index contributed by atoms with van der Waals surface area (Å²) >= 11 is 5.94. The minimum Gasteiger partial charge on any atom is -0.0843 e. The fourth-order valence-corrected chi connectivity index (χ4v) is 1.81. The van der Waals surface area contributed by atoms with Gasteiger partial charge in [0.1, 0.15) is 0 Å². The largest absolute Gasteiger partial charge is 0.0843 e. The smallest absolute Gasteiger partial charge is 0.0412 e. The molecule has 1 radical (unpaired) electrons. The van der Waals surface area contributed by atoms with Crippen LogP contribution in [0.25, 0.3) is 10.8 Å². The lowest BCUT2D eigenvalue weighted by atomic mass is 10.0. The Kier molecular flexibility index (Phi) is 2.74. The zero-order valence-corrected chi connectivity index (χ0v) is 8.72. The number of benzene rings is 2. The summed E-state index contributed by atoms with van der Waals surface area (Å²) in [7, 11) is 0. The van der Waals surface area contributed by atoms with Crippen molar-refractivity contribution in [2.24, 2.45) is 0 Å². The number of rotatable bonds is 2. The van der Waals surface area contributed by atoms with Gasteiger partial charge in [0.2, 0.25) is 0 Å². The molecular formula is C13H12Cl. The van der Waals surface area contributed by atoms with Gasteiger partial charge in [-0.3, -0.25) is 0 Å². The van der Waals surface area contributed by atoms with Gasteiger partial charge in [-0.1, -0.05) is 42.8 Å². The first kappa shape index (κ1) is 9.54. The van der Waals surface area contributed by atoms with Crippen molar-refractivity contribution in [3.05, 3.63) is 53.9 Å². The van der Waals surface area contributed by atoms with Gasteiger partial charge in [-0.25, -0.2) is 0 Å². The number of hydrogen-bond acceptors (Lipinski definition) is 0. The Hall–Kier alpha value is -1.01. The highest BCUT2D eigenvalue weighted by molar-refractivity contribution is 6.31. The lowest BCUT2D eigenvalue weighted by Crippen LogP contribution is -1.82. The lowest BCUT2D eigenvalue weighted by Gasteiger charge is -2.02. The number of fused-ring (bicyclic) bond motifs is 1. The van der Waals surface area contributed by atoms with Crippen LogP contribution in [0.15, 0.2) is 36.4 Å². The maximum atomic E-state index is 5.94. The van der Waals surface area contributed by atoms with Crippen molar-refractivity contribution >= 4 is 22.4 Å². The van der Waals surface area contributed by atoms with Gasteiger partial charge < -0.3 is 0 Å². The van der Waals surface area contributed by atoms with Crippen LogP contribution >= 0.6 is 11.6 Å². The van der Waals surface area contributed by atoms with Gasteiger partial charge in [-0.05, 0) is 41.3 Å². The summed E-state index contributed by atoms with van der Waals surface area (Å²) in [6.45, 7) is 3.85. The molecule has 2 aromatic rings.